The van der Waals surface area contributed by atoms with Crippen LogP contribution >= 0.6 is 0 Å². The van der Waals surface area contributed by atoms with Crippen LogP contribution in [-0.4, -0.2) is 18.0 Å². The van der Waals surface area contributed by atoms with Gasteiger partial charge in [-0.2, -0.15) is 5.10 Å². The molecule has 0 saturated heterocycles. The van der Waals surface area contributed by atoms with Crippen molar-refractivity contribution in [3.05, 3.63) is 94.8 Å². The maximum absolute atomic E-state index is 13.7. The quantitative estimate of drug-likeness (QED) is 0.359. The van der Waals surface area contributed by atoms with Gasteiger partial charge in [0.1, 0.15) is 18.2 Å². The van der Waals surface area contributed by atoms with Gasteiger partial charge in [0.15, 0.2) is 0 Å². The minimum Gasteiger partial charge on any atom is -0.489 e. The van der Waals surface area contributed by atoms with Crippen molar-refractivity contribution >= 4 is 23.7 Å². The minimum atomic E-state index is -0.886. The monoisotopic (exact) mass is 419 g/mol. The van der Waals surface area contributed by atoms with Crippen molar-refractivity contribution in [2.45, 2.75) is 20.5 Å². The van der Waals surface area contributed by atoms with Gasteiger partial charge in [0.25, 0.3) is 0 Å². The zero-order valence-corrected chi connectivity index (χ0v) is 17.2. The zero-order valence-electron chi connectivity index (χ0n) is 17.2. The molecule has 0 aromatic heterocycles. The van der Waals surface area contributed by atoms with Crippen molar-refractivity contribution in [2.24, 2.45) is 5.10 Å². The summed E-state index contributed by atoms with van der Waals surface area (Å²) in [7, 11) is 0. The van der Waals surface area contributed by atoms with Gasteiger partial charge in [-0.3, -0.25) is 9.59 Å². The Labute approximate surface area is 179 Å². The number of carbonyl (C=O) groups excluding carboxylic acids is 2. The summed E-state index contributed by atoms with van der Waals surface area (Å²) in [5, 5.41) is 6.37. The van der Waals surface area contributed by atoms with Crippen LogP contribution in [0.4, 0.5) is 10.1 Å². The summed E-state index contributed by atoms with van der Waals surface area (Å²) in [5.74, 6) is -1.51. The molecule has 0 aliphatic heterocycles. The predicted molar refractivity (Wildman–Crippen MR) is 117 cm³/mol. The lowest BCUT2D eigenvalue weighted by atomic mass is 10.1. The Bertz CT molecular complexity index is 1130. The highest BCUT2D eigenvalue weighted by Gasteiger charge is 2.13. The summed E-state index contributed by atoms with van der Waals surface area (Å²) in [6.07, 6.45) is 1.39. The number of benzene rings is 3. The second-order valence-electron chi connectivity index (χ2n) is 6.92. The van der Waals surface area contributed by atoms with Crippen molar-refractivity contribution < 1.29 is 18.7 Å². The van der Waals surface area contributed by atoms with E-state index in [9.17, 15) is 14.0 Å². The molecule has 0 fully saturated rings. The molecule has 0 aliphatic rings. The van der Waals surface area contributed by atoms with Crippen molar-refractivity contribution in [1.29, 1.82) is 0 Å². The summed E-state index contributed by atoms with van der Waals surface area (Å²) in [6.45, 7) is 3.88. The maximum Gasteiger partial charge on any atom is 0.329 e. The van der Waals surface area contributed by atoms with Crippen molar-refractivity contribution in [2.75, 3.05) is 5.32 Å². The van der Waals surface area contributed by atoms with Gasteiger partial charge in [-0.15, -0.1) is 0 Å². The highest BCUT2D eigenvalue weighted by atomic mass is 19.1. The van der Waals surface area contributed by atoms with Gasteiger partial charge in [0.05, 0.1) is 6.21 Å². The first-order valence-corrected chi connectivity index (χ1v) is 9.60. The number of rotatable bonds is 6. The van der Waals surface area contributed by atoms with E-state index in [0.717, 1.165) is 11.1 Å². The molecule has 2 N–H and O–H groups in total. The minimum absolute atomic E-state index is 0.0859. The number of hydrogen-bond acceptors (Lipinski definition) is 4. The molecule has 0 unspecified atom stereocenters. The zero-order chi connectivity index (χ0) is 22.2. The summed E-state index contributed by atoms with van der Waals surface area (Å²) in [6, 6.07) is 18.8. The molecule has 158 valence electrons. The van der Waals surface area contributed by atoms with Crippen LogP contribution in [0, 0.1) is 19.7 Å². The maximum atomic E-state index is 13.7. The molecule has 0 heterocycles. The first-order valence-electron chi connectivity index (χ1n) is 9.60. The fourth-order valence-corrected chi connectivity index (χ4v) is 2.81. The Morgan fingerprint density at radius 3 is 2.58 bits per heavy atom. The highest BCUT2D eigenvalue weighted by Crippen LogP contribution is 2.16. The molecule has 0 atom stereocenters. The number of hydrogen-bond donors (Lipinski definition) is 2. The van der Waals surface area contributed by atoms with E-state index in [1.54, 1.807) is 48.5 Å². The summed E-state index contributed by atoms with van der Waals surface area (Å²) >= 11 is 0. The van der Waals surface area contributed by atoms with E-state index in [0.29, 0.717) is 22.6 Å². The summed E-state index contributed by atoms with van der Waals surface area (Å²) < 4.78 is 19.3. The van der Waals surface area contributed by atoms with Crippen LogP contribution in [0.2, 0.25) is 0 Å². The van der Waals surface area contributed by atoms with Gasteiger partial charge in [-0.25, -0.2) is 9.82 Å². The molecule has 0 radical (unpaired) electrons. The van der Waals surface area contributed by atoms with Crippen LogP contribution in [0.15, 0.2) is 71.8 Å². The van der Waals surface area contributed by atoms with E-state index in [1.165, 1.54) is 12.3 Å². The van der Waals surface area contributed by atoms with Crippen molar-refractivity contribution in [3.8, 4) is 5.75 Å². The summed E-state index contributed by atoms with van der Waals surface area (Å²) in [5.41, 5.74) is 5.76. The lowest BCUT2D eigenvalue weighted by Gasteiger charge is -2.08. The third-order valence-corrected chi connectivity index (χ3v) is 4.43. The number of hydrazone groups is 1. The topological polar surface area (TPSA) is 79.8 Å². The van der Waals surface area contributed by atoms with Crippen LogP contribution in [0.5, 0.6) is 5.75 Å². The van der Waals surface area contributed by atoms with Gasteiger partial charge >= 0.3 is 11.8 Å². The van der Waals surface area contributed by atoms with Gasteiger partial charge < -0.3 is 10.1 Å². The molecule has 6 nitrogen and oxygen atoms in total. The molecule has 7 heteroatoms. The SMILES string of the molecule is Cc1ccc(NC(=O)C(=O)N/N=C/c2cccc(OCc3ccccc3F)c2)c(C)c1. The molecular weight excluding hydrogens is 397 g/mol. The standard InChI is InChI=1S/C24H22FN3O3/c1-16-10-11-22(17(2)12-16)27-23(29)24(30)28-26-14-18-6-5-8-20(13-18)31-15-19-7-3-4-9-21(19)25/h3-14H,15H2,1-2H3,(H,27,29)(H,28,30)/b26-14+. The Hall–Kier alpha value is -4.00. The molecule has 0 bridgehead atoms. The van der Waals surface area contributed by atoms with E-state index in [-0.39, 0.29) is 12.4 Å². The molecule has 31 heavy (non-hydrogen) atoms. The van der Waals surface area contributed by atoms with E-state index < -0.39 is 11.8 Å². The average molecular weight is 419 g/mol. The van der Waals surface area contributed by atoms with Crippen LogP contribution < -0.4 is 15.5 Å². The summed E-state index contributed by atoms with van der Waals surface area (Å²) in [4.78, 5) is 24.0. The molecule has 0 spiro atoms. The number of anilines is 1. The fraction of sp³-hybridized carbons (Fsp3) is 0.125. The normalized spacial score (nSPS) is 10.7. The molecule has 2 amide bonds. The third kappa shape index (κ3) is 6.24. The van der Waals surface area contributed by atoms with Crippen LogP contribution in [0.25, 0.3) is 0 Å². The number of amides is 2. The smallest absolute Gasteiger partial charge is 0.329 e. The van der Waals surface area contributed by atoms with Gasteiger partial charge in [0.2, 0.25) is 0 Å². The van der Waals surface area contributed by atoms with Crippen molar-refractivity contribution in [3.63, 3.8) is 0 Å². The molecule has 0 aliphatic carbocycles. The first-order chi connectivity index (χ1) is 14.9. The Morgan fingerprint density at radius 1 is 1.00 bits per heavy atom. The van der Waals surface area contributed by atoms with Crippen molar-refractivity contribution in [1.82, 2.24) is 5.43 Å². The Kier molecular flexibility index (Phi) is 7.11. The van der Waals surface area contributed by atoms with Gasteiger partial charge in [0, 0.05) is 11.3 Å². The van der Waals surface area contributed by atoms with Crippen LogP contribution in [0.1, 0.15) is 22.3 Å². The Morgan fingerprint density at radius 2 is 1.81 bits per heavy atom. The van der Waals surface area contributed by atoms with Crippen LogP contribution in [-0.2, 0) is 16.2 Å². The lowest BCUT2D eigenvalue weighted by Crippen LogP contribution is -2.32. The first kappa shape index (κ1) is 21.7. The number of ether oxygens (including phenoxy) is 1. The molecule has 3 aromatic carbocycles. The Balaban J connectivity index is 1.54. The number of nitrogens with one attached hydrogen (secondary N) is 2. The number of nitrogens with zero attached hydrogens (tertiary/aromatic N) is 1. The second kappa shape index (κ2) is 10.2. The van der Waals surface area contributed by atoms with E-state index in [2.05, 4.69) is 15.8 Å². The second-order valence-corrected chi connectivity index (χ2v) is 6.92. The largest absolute Gasteiger partial charge is 0.489 e. The number of halogens is 1. The number of carbonyl (C=O) groups is 2. The van der Waals surface area contributed by atoms with E-state index >= 15 is 0 Å². The van der Waals surface area contributed by atoms with E-state index in [4.69, 9.17) is 4.74 Å². The lowest BCUT2D eigenvalue weighted by molar-refractivity contribution is -0.136. The molecular formula is C24H22FN3O3. The highest BCUT2D eigenvalue weighted by molar-refractivity contribution is 6.39. The molecule has 3 aromatic rings. The average Bonchev–Trinajstić information content (AvgIpc) is 2.75. The fourth-order valence-electron chi connectivity index (χ4n) is 2.81. The number of aryl methyl sites for hydroxylation is 2. The van der Waals surface area contributed by atoms with Gasteiger partial charge in [-0.1, -0.05) is 48.0 Å². The third-order valence-electron chi connectivity index (χ3n) is 4.43. The van der Waals surface area contributed by atoms with E-state index in [1.807, 2.05) is 26.0 Å². The van der Waals surface area contributed by atoms with Crippen LogP contribution in [0.3, 0.4) is 0 Å². The predicted octanol–water partition coefficient (Wildman–Crippen LogP) is 4.11. The van der Waals surface area contributed by atoms with Gasteiger partial charge in [-0.05, 0) is 49.2 Å². The molecule has 3 rings (SSSR count). The molecule has 0 saturated carbocycles.